The molecule has 2 N–H and O–H groups in total. The van der Waals surface area contributed by atoms with Crippen LogP contribution in [0.15, 0.2) is 18.2 Å². The number of aryl methyl sites for hydroxylation is 1. The number of benzene rings is 1. The van der Waals surface area contributed by atoms with Gasteiger partial charge in [0.2, 0.25) is 0 Å². The average molecular weight is 287 g/mol. The van der Waals surface area contributed by atoms with E-state index in [0.717, 1.165) is 35.6 Å². The second-order valence-corrected chi connectivity index (χ2v) is 4.92. The molecule has 21 heavy (non-hydrogen) atoms. The zero-order valence-corrected chi connectivity index (χ0v) is 12.9. The van der Waals surface area contributed by atoms with Gasteiger partial charge in [0.1, 0.15) is 5.82 Å². The van der Waals surface area contributed by atoms with Crippen LogP contribution in [0.25, 0.3) is 11.4 Å². The lowest BCUT2D eigenvalue weighted by Gasteiger charge is -2.12. The van der Waals surface area contributed by atoms with Gasteiger partial charge in [-0.1, -0.05) is 6.92 Å². The van der Waals surface area contributed by atoms with E-state index in [9.17, 15) is 5.11 Å². The number of hydrogen-bond donors (Lipinski definition) is 2. The fourth-order valence-corrected chi connectivity index (χ4v) is 1.99. The van der Waals surface area contributed by atoms with Crippen LogP contribution in [-0.4, -0.2) is 28.7 Å². The summed E-state index contributed by atoms with van der Waals surface area (Å²) >= 11 is 0. The van der Waals surface area contributed by atoms with E-state index in [4.69, 9.17) is 4.74 Å². The standard InChI is InChI=1S/C16H21N3O2/c1-5-8-17-15-10(2)11(3)18-16(19-15)12-6-7-13(20)14(9-12)21-4/h6-7,9,20H,5,8H2,1-4H3,(H,17,18,19). The third-order valence-electron chi connectivity index (χ3n) is 3.37. The van der Waals surface area contributed by atoms with Gasteiger partial charge in [-0.2, -0.15) is 0 Å². The molecule has 0 aliphatic heterocycles. The second-order valence-electron chi connectivity index (χ2n) is 4.92. The first kappa shape index (κ1) is 15.1. The van der Waals surface area contributed by atoms with Crippen LogP contribution >= 0.6 is 0 Å². The van der Waals surface area contributed by atoms with Crippen molar-refractivity contribution in [2.24, 2.45) is 0 Å². The molecule has 0 aliphatic rings. The number of nitrogens with zero attached hydrogens (tertiary/aromatic N) is 2. The SMILES string of the molecule is CCCNc1nc(-c2ccc(O)c(OC)c2)nc(C)c1C. The zero-order chi connectivity index (χ0) is 15.4. The maximum atomic E-state index is 9.67. The Kier molecular flexibility index (Phi) is 4.62. The van der Waals surface area contributed by atoms with Crippen molar-refractivity contribution in [2.45, 2.75) is 27.2 Å². The Balaban J connectivity index is 2.46. The molecule has 5 heteroatoms. The summed E-state index contributed by atoms with van der Waals surface area (Å²) in [5.41, 5.74) is 2.80. The highest BCUT2D eigenvalue weighted by Crippen LogP contribution is 2.31. The molecule has 112 valence electrons. The van der Waals surface area contributed by atoms with E-state index in [1.807, 2.05) is 13.8 Å². The largest absolute Gasteiger partial charge is 0.504 e. The quantitative estimate of drug-likeness (QED) is 0.883. The number of hydrogen-bond acceptors (Lipinski definition) is 5. The molecule has 1 heterocycles. The Labute approximate surface area is 125 Å². The molecule has 0 amide bonds. The van der Waals surface area contributed by atoms with Crippen molar-refractivity contribution in [3.63, 3.8) is 0 Å². The summed E-state index contributed by atoms with van der Waals surface area (Å²) < 4.78 is 5.14. The van der Waals surface area contributed by atoms with Gasteiger partial charge < -0.3 is 15.2 Å². The van der Waals surface area contributed by atoms with Gasteiger partial charge in [0.15, 0.2) is 17.3 Å². The lowest BCUT2D eigenvalue weighted by Crippen LogP contribution is -2.07. The van der Waals surface area contributed by atoms with Gasteiger partial charge in [-0.15, -0.1) is 0 Å². The maximum Gasteiger partial charge on any atom is 0.161 e. The molecule has 0 atom stereocenters. The van der Waals surface area contributed by atoms with Gasteiger partial charge >= 0.3 is 0 Å². The van der Waals surface area contributed by atoms with Crippen LogP contribution in [0.5, 0.6) is 11.5 Å². The number of anilines is 1. The molecule has 1 aromatic carbocycles. The second kappa shape index (κ2) is 6.43. The fourth-order valence-electron chi connectivity index (χ4n) is 1.99. The van der Waals surface area contributed by atoms with Crippen LogP contribution in [0.4, 0.5) is 5.82 Å². The number of methoxy groups -OCH3 is 1. The highest BCUT2D eigenvalue weighted by atomic mass is 16.5. The first-order valence-corrected chi connectivity index (χ1v) is 7.03. The summed E-state index contributed by atoms with van der Waals surface area (Å²) in [7, 11) is 1.52. The van der Waals surface area contributed by atoms with Gasteiger partial charge in [-0.25, -0.2) is 9.97 Å². The van der Waals surface area contributed by atoms with Crippen LogP contribution in [-0.2, 0) is 0 Å². The van der Waals surface area contributed by atoms with E-state index in [1.165, 1.54) is 7.11 Å². The van der Waals surface area contributed by atoms with Crippen LogP contribution in [0, 0.1) is 13.8 Å². The number of ether oxygens (including phenoxy) is 1. The molecule has 2 rings (SSSR count). The molecule has 1 aromatic heterocycles. The molecule has 0 fully saturated rings. The van der Waals surface area contributed by atoms with Crippen molar-refractivity contribution in [1.82, 2.24) is 9.97 Å². The Hall–Kier alpha value is -2.30. The van der Waals surface area contributed by atoms with E-state index in [1.54, 1.807) is 18.2 Å². The molecule has 0 unspecified atom stereocenters. The first-order chi connectivity index (χ1) is 10.1. The van der Waals surface area contributed by atoms with E-state index in [2.05, 4.69) is 22.2 Å². The van der Waals surface area contributed by atoms with Crippen molar-refractivity contribution >= 4 is 5.82 Å². The summed E-state index contributed by atoms with van der Waals surface area (Å²) in [5, 5.41) is 13.0. The van der Waals surface area contributed by atoms with Gasteiger partial charge in [0.25, 0.3) is 0 Å². The number of rotatable bonds is 5. The number of aromatic nitrogens is 2. The first-order valence-electron chi connectivity index (χ1n) is 7.03. The van der Waals surface area contributed by atoms with E-state index >= 15 is 0 Å². The van der Waals surface area contributed by atoms with E-state index in [0.29, 0.717) is 11.6 Å². The summed E-state index contributed by atoms with van der Waals surface area (Å²) in [4.78, 5) is 9.12. The Bertz CT molecular complexity index is 642. The van der Waals surface area contributed by atoms with Crippen LogP contribution < -0.4 is 10.1 Å². The molecular formula is C16H21N3O2. The van der Waals surface area contributed by atoms with Gasteiger partial charge in [0, 0.05) is 23.4 Å². The Morgan fingerprint density at radius 2 is 2.00 bits per heavy atom. The summed E-state index contributed by atoms with van der Waals surface area (Å²) in [6.07, 6.45) is 1.03. The highest BCUT2D eigenvalue weighted by molar-refractivity contribution is 5.63. The third kappa shape index (κ3) is 3.24. The maximum absolute atomic E-state index is 9.67. The topological polar surface area (TPSA) is 67.3 Å². The van der Waals surface area contributed by atoms with Crippen LogP contribution in [0.1, 0.15) is 24.6 Å². The highest BCUT2D eigenvalue weighted by Gasteiger charge is 2.11. The molecule has 2 aromatic rings. The van der Waals surface area contributed by atoms with E-state index in [-0.39, 0.29) is 5.75 Å². The minimum Gasteiger partial charge on any atom is -0.504 e. The normalized spacial score (nSPS) is 10.5. The molecule has 0 saturated carbocycles. The molecule has 0 aliphatic carbocycles. The fraction of sp³-hybridized carbons (Fsp3) is 0.375. The van der Waals surface area contributed by atoms with Crippen molar-refractivity contribution in [1.29, 1.82) is 0 Å². The molecule has 0 radical (unpaired) electrons. The third-order valence-corrected chi connectivity index (χ3v) is 3.37. The molecule has 0 bridgehead atoms. The minimum absolute atomic E-state index is 0.106. The van der Waals surface area contributed by atoms with E-state index < -0.39 is 0 Å². The lowest BCUT2D eigenvalue weighted by molar-refractivity contribution is 0.373. The predicted molar refractivity (Wildman–Crippen MR) is 83.9 cm³/mol. The van der Waals surface area contributed by atoms with Crippen molar-refractivity contribution in [3.8, 4) is 22.9 Å². The van der Waals surface area contributed by atoms with Crippen molar-refractivity contribution in [2.75, 3.05) is 19.0 Å². The zero-order valence-electron chi connectivity index (χ0n) is 12.9. The lowest BCUT2D eigenvalue weighted by atomic mass is 10.1. The summed E-state index contributed by atoms with van der Waals surface area (Å²) in [6, 6.07) is 5.11. The van der Waals surface area contributed by atoms with Crippen molar-refractivity contribution in [3.05, 3.63) is 29.5 Å². The Morgan fingerprint density at radius 3 is 2.67 bits per heavy atom. The molecule has 0 saturated heterocycles. The van der Waals surface area contributed by atoms with Crippen LogP contribution in [0.2, 0.25) is 0 Å². The molecule has 5 nitrogen and oxygen atoms in total. The van der Waals surface area contributed by atoms with Crippen LogP contribution in [0.3, 0.4) is 0 Å². The van der Waals surface area contributed by atoms with Gasteiger partial charge in [-0.05, 0) is 38.5 Å². The number of phenolic OH excluding ortho intramolecular Hbond substituents is 1. The predicted octanol–water partition coefficient (Wildman–Crippen LogP) is 3.30. The number of nitrogens with one attached hydrogen (secondary N) is 1. The average Bonchev–Trinajstić information content (AvgIpc) is 2.49. The van der Waals surface area contributed by atoms with Gasteiger partial charge in [0.05, 0.1) is 7.11 Å². The summed E-state index contributed by atoms with van der Waals surface area (Å²) in [6.45, 7) is 6.96. The minimum atomic E-state index is 0.106. The summed E-state index contributed by atoms with van der Waals surface area (Å²) in [5.74, 6) is 1.99. The number of phenols is 1. The smallest absolute Gasteiger partial charge is 0.161 e. The Morgan fingerprint density at radius 1 is 1.24 bits per heavy atom. The number of aromatic hydroxyl groups is 1. The van der Waals surface area contributed by atoms with Gasteiger partial charge in [-0.3, -0.25) is 0 Å². The molecular weight excluding hydrogens is 266 g/mol. The monoisotopic (exact) mass is 287 g/mol. The van der Waals surface area contributed by atoms with Crippen molar-refractivity contribution < 1.29 is 9.84 Å². The molecule has 0 spiro atoms.